The monoisotopic (exact) mass is 760 g/mol. The molecule has 1 aromatic heterocycles. The van der Waals surface area contributed by atoms with Gasteiger partial charge in [0.1, 0.15) is 68.3 Å². The molecular formula is C45H44O11. The van der Waals surface area contributed by atoms with E-state index in [0.29, 0.717) is 29.7 Å². The van der Waals surface area contributed by atoms with Gasteiger partial charge in [-0.1, -0.05) is 29.4 Å². The minimum absolute atomic E-state index is 0.0165. The van der Waals surface area contributed by atoms with Gasteiger partial charge in [0.05, 0.1) is 11.1 Å². The number of carbonyl (C=O) groups is 1. The Morgan fingerprint density at radius 3 is 2.25 bits per heavy atom. The molecule has 11 heteroatoms. The summed E-state index contributed by atoms with van der Waals surface area (Å²) in [5, 5.41) is 77.1. The van der Waals surface area contributed by atoms with Crippen LogP contribution in [-0.2, 0) is 12.8 Å². The number of rotatable bonds is 7. The predicted octanol–water partition coefficient (Wildman–Crippen LogP) is 8.73. The Morgan fingerprint density at radius 1 is 0.875 bits per heavy atom. The highest BCUT2D eigenvalue weighted by Crippen LogP contribution is 2.55. The van der Waals surface area contributed by atoms with Crippen molar-refractivity contribution in [3.8, 4) is 57.3 Å². The van der Waals surface area contributed by atoms with Crippen molar-refractivity contribution in [1.29, 1.82) is 0 Å². The Balaban J connectivity index is 1.49. The summed E-state index contributed by atoms with van der Waals surface area (Å²) in [6, 6.07) is 12.0. The topological polar surface area (TPSA) is 198 Å². The molecule has 11 nitrogen and oxygen atoms in total. The fraction of sp³-hybridized carbons (Fsp3) is 0.289. The second kappa shape index (κ2) is 14.1. The van der Waals surface area contributed by atoms with Gasteiger partial charge in [0, 0.05) is 52.6 Å². The zero-order chi connectivity index (χ0) is 40.4. The Bertz CT molecular complexity index is 2550. The molecule has 1 aliphatic heterocycles. The standard InChI is InChI=1S/C45H44O11/c1-21(2)6-9-29-42(54)39-35(51)20-34(50)38(44(39)55-43(29)26-11-8-24(47)19-33(26)49)30-16-22(3)17-31(37(30)25-10-7-23(46)18-32(25)48)41(53)28-12-13-36-27(40(28)52)14-15-45(4,5)56-36/h6-8,10-13,16,18-20,30-31,37,46-52H,9,14-15,17H2,1-5H3/t30-,31-,37+/m1/s1. The molecular weight excluding hydrogens is 716 g/mol. The van der Waals surface area contributed by atoms with E-state index in [9.17, 15) is 45.3 Å². The van der Waals surface area contributed by atoms with Gasteiger partial charge in [-0.3, -0.25) is 9.59 Å². The number of hydrogen-bond acceptors (Lipinski definition) is 11. The Labute approximate surface area is 322 Å². The lowest BCUT2D eigenvalue weighted by atomic mass is 9.65. The molecule has 0 saturated carbocycles. The molecule has 2 aliphatic rings. The number of phenols is 7. The third-order valence-corrected chi connectivity index (χ3v) is 10.9. The molecule has 2 heterocycles. The molecule has 7 N–H and O–H groups in total. The van der Waals surface area contributed by atoms with E-state index in [4.69, 9.17) is 9.15 Å². The first-order chi connectivity index (χ1) is 26.5. The first kappa shape index (κ1) is 37.9. The number of benzene rings is 4. The number of ether oxygens (including phenoxy) is 1. The van der Waals surface area contributed by atoms with Crippen molar-refractivity contribution in [3.05, 3.63) is 116 Å². The van der Waals surface area contributed by atoms with Crippen molar-refractivity contribution >= 4 is 16.8 Å². The average Bonchev–Trinajstić information content (AvgIpc) is 3.10. The van der Waals surface area contributed by atoms with Gasteiger partial charge in [-0.15, -0.1) is 0 Å². The van der Waals surface area contributed by atoms with Crippen LogP contribution in [-0.4, -0.2) is 47.1 Å². The number of allylic oxidation sites excluding steroid dienone is 4. The fourth-order valence-electron chi connectivity index (χ4n) is 8.21. The van der Waals surface area contributed by atoms with Crippen LogP contribution in [0.25, 0.3) is 22.3 Å². The van der Waals surface area contributed by atoms with Crippen LogP contribution < -0.4 is 10.2 Å². The minimum Gasteiger partial charge on any atom is -0.508 e. The maximum atomic E-state index is 14.9. The fourth-order valence-corrected chi connectivity index (χ4v) is 8.21. The van der Waals surface area contributed by atoms with Crippen LogP contribution in [0.5, 0.6) is 46.0 Å². The molecule has 56 heavy (non-hydrogen) atoms. The molecule has 4 aromatic carbocycles. The minimum atomic E-state index is -1.01. The van der Waals surface area contributed by atoms with Crippen molar-refractivity contribution in [2.75, 3.05) is 0 Å². The average molecular weight is 761 g/mol. The SMILES string of the molecule is CC(C)=CCc1c(-c2ccc(O)cc2O)oc2c([C@@H]3C=C(C)C[C@@H](C(=O)c4ccc5c(c4O)CCC(C)(C)O5)[C@H]3c3ccc(O)cc3O)c(O)cc(O)c2c1=O. The van der Waals surface area contributed by atoms with Gasteiger partial charge in [-0.2, -0.15) is 0 Å². The zero-order valence-electron chi connectivity index (χ0n) is 31.7. The molecule has 0 unspecified atom stereocenters. The number of Topliss-reactive ketones (excluding diaryl/α,β-unsaturated/α-hetero) is 1. The van der Waals surface area contributed by atoms with Gasteiger partial charge < -0.3 is 44.9 Å². The number of hydrogen-bond donors (Lipinski definition) is 7. The predicted molar refractivity (Wildman–Crippen MR) is 210 cm³/mol. The van der Waals surface area contributed by atoms with Crippen LogP contribution >= 0.6 is 0 Å². The highest BCUT2D eigenvalue weighted by atomic mass is 16.5. The van der Waals surface area contributed by atoms with Crippen LogP contribution in [0, 0.1) is 5.92 Å². The summed E-state index contributed by atoms with van der Waals surface area (Å²) in [5.41, 5.74) is 1.26. The van der Waals surface area contributed by atoms with E-state index in [0.717, 1.165) is 23.8 Å². The highest BCUT2D eigenvalue weighted by Gasteiger charge is 2.44. The molecule has 0 amide bonds. The summed E-state index contributed by atoms with van der Waals surface area (Å²) in [4.78, 5) is 29.4. The molecule has 0 radical (unpaired) electrons. The molecule has 7 rings (SSSR count). The van der Waals surface area contributed by atoms with Gasteiger partial charge in [0.15, 0.2) is 5.78 Å². The van der Waals surface area contributed by atoms with Crippen molar-refractivity contribution in [3.63, 3.8) is 0 Å². The third kappa shape index (κ3) is 6.67. The maximum Gasteiger partial charge on any atom is 0.200 e. The van der Waals surface area contributed by atoms with E-state index in [-0.39, 0.29) is 86.1 Å². The van der Waals surface area contributed by atoms with Crippen LogP contribution in [0.3, 0.4) is 0 Å². The van der Waals surface area contributed by atoms with E-state index in [1.54, 1.807) is 25.1 Å². The Kier molecular flexibility index (Phi) is 9.52. The maximum absolute atomic E-state index is 14.9. The van der Waals surface area contributed by atoms with Gasteiger partial charge in [-0.05, 0) is 96.2 Å². The molecule has 0 spiro atoms. The lowest BCUT2D eigenvalue weighted by molar-refractivity contribution is 0.0830. The summed E-state index contributed by atoms with van der Waals surface area (Å²) >= 11 is 0. The van der Waals surface area contributed by atoms with Crippen molar-refractivity contribution in [2.24, 2.45) is 5.92 Å². The summed E-state index contributed by atoms with van der Waals surface area (Å²) in [6.07, 6.45) is 4.91. The largest absolute Gasteiger partial charge is 0.508 e. The van der Waals surface area contributed by atoms with E-state index >= 15 is 0 Å². The van der Waals surface area contributed by atoms with E-state index in [1.165, 1.54) is 30.3 Å². The Hall–Kier alpha value is -6.36. The Morgan fingerprint density at radius 2 is 1.57 bits per heavy atom. The zero-order valence-corrected chi connectivity index (χ0v) is 31.7. The van der Waals surface area contributed by atoms with Crippen LogP contribution in [0.1, 0.15) is 91.9 Å². The van der Waals surface area contributed by atoms with Gasteiger partial charge >= 0.3 is 0 Å². The first-order valence-corrected chi connectivity index (χ1v) is 18.4. The van der Waals surface area contributed by atoms with Gasteiger partial charge in [0.2, 0.25) is 5.43 Å². The summed E-state index contributed by atoms with van der Waals surface area (Å²) < 4.78 is 12.6. The van der Waals surface area contributed by atoms with Crippen molar-refractivity contribution in [2.45, 2.75) is 77.7 Å². The molecule has 0 fully saturated rings. The normalized spacial score (nSPS) is 18.8. The molecule has 5 aromatic rings. The number of carbonyl (C=O) groups excluding carboxylic acids is 1. The van der Waals surface area contributed by atoms with Crippen molar-refractivity contribution < 1.29 is 49.7 Å². The molecule has 0 bridgehead atoms. The lowest BCUT2D eigenvalue weighted by Gasteiger charge is -2.38. The van der Waals surface area contributed by atoms with Gasteiger partial charge in [-0.25, -0.2) is 0 Å². The number of phenolic OH excluding ortho intramolecular Hbond substituents is 7. The van der Waals surface area contributed by atoms with Crippen LogP contribution in [0.4, 0.5) is 0 Å². The molecule has 3 atom stereocenters. The summed E-state index contributed by atoms with van der Waals surface area (Å²) in [6.45, 7) is 9.39. The highest BCUT2D eigenvalue weighted by molar-refractivity contribution is 6.02. The summed E-state index contributed by atoms with van der Waals surface area (Å²) in [5.74, 6) is -5.42. The van der Waals surface area contributed by atoms with Crippen LogP contribution in [0.15, 0.2) is 87.1 Å². The van der Waals surface area contributed by atoms with Crippen molar-refractivity contribution in [1.82, 2.24) is 0 Å². The first-order valence-electron chi connectivity index (χ1n) is 18.4. The van der Waals surface area contributed by atoms with Crippen LogP contribution in [0.2, 0.25) is 0 Å². The molecule has 290 valence electrons. The number of aromatic hydroxyl groups is 7. The quantitative estimate of drug-likeness (QED) is 0.0618. The van der Waals surface area contributed by atoms with E-state index in [1.807, 2.05) is 27.7 Å². The lowest BCUT2D eigenvalue weighted by Crippen LogP contribution is -2.33. The number of ketones is 1. The van der Waals surface area contributed by atoms with Gasteiger partial charge in [0.25, 0.3) is 0 Å². The summed E-state index contributed by atoms with van der Waals surface area (Å²) in [7, 11) is 0. The van der Waals surface area contributed by atoms with E-state index in [2.05, 4.69) is 0 Å². The second-order valence-electron chi connectivity index (χ2n) is 15.7. The van der Waals surface area contributed by atoms with E-state index < -0.39 is 46.1 Å². The molecule has 0 saturated heterocycles. The number of fused-ring (bicyclic) bond motifs is 2. The second-order valence-corrected chi connectivity index (χ2v) is 15.7. The smallest absolute Gasteiger partial charge is 0.200 e. The third-order valence-electron chi connectivity index (χ3n) is 10.9. The molecule has 1 aliphatic carbocycles.